The highest BCUT2D eigenvalue weighted by molar-refractivity contribution is 5.40. The number of hydrogen-bond acceptors (Lipinski definition) is 4. The van der Waals surface area contributed by atoms with Crippen LogP contribution in [-0.4, -0.2) is 9.97 Å². The van der Waals surface area contributed by atoms with Gasteiger partial charge in [0.2, 0.25) is 5.95 Å². The molecule has 2 aromatic carbocycles. The summed E-state index contributed by atoms with van der Waals surface area (Å²) in [5.41, 5.74) is 3.41. The van der Waals surface area contributed by atoms with E-state index in [0.717, 1.165) is 11.4 Å². The number of aryl methyl sites for hydroxylation is 1. The molecule has 0 aliphatic carbocycles. The summed E-state index contributed by atoms with van der Waals surface area (Å²) in [5.74, 6) is 1.05. The van der Waals surface area contributed by atoms with Gasteiger partial charge in [0.05, 0.1) is 0 Å². The molecule has 3 rings (SSSR count). The quantitative estimate of drug-likeness (QED) is 0.716. The van der Waals surface area contributed by atoms with Gasteiger partial charge in [0, 0.05) is 19.3 Å². The van der Waals surface area contributed by atoms with Gasteiger partial charge in [-0.3, -0.25) is 0 Å². The first kappa shape index (κ1) is 15.9. The smallest absolute Gasteiger partial charge is 0.224 e. The lowest BCUT2D eigenvalue weighted by atomic mass is 10.1. The monoisotopic (exact) mass is 322 g/mol. The lowest BCUT2D eigenvalue weighted by Crippen LogP contribution is -2.06. The Morgan fingerprint density at radius 1 is 0.833 bits per heavy atom. The standard InChI is InChI=1S/C19H19FN4/c1-14-2-4-15(5-3-14)12-22-18-10-11-21-19(24-18)23-13-16-6-8-17(20)9-7-16/h2-11H,12-13H2,1H3,(H2,21,22,23,24). The molecule has 0 aliphatic rings. The number of halogens is 1. The predicted molar refractivity (Wildman–Crippen MR) is 94.3 cm³/mol. The molecule has 0 amide bonds. The molecule has 0 bridgehead atoms. The SMILES string of the molecule is Cc1ccc(CNc2ccnc(NCc3ccc(F)cc3)n2)cc1. The Balaban J connectivity index is 1.57. The van der Waals surface area contributed by atoms with Gasteiger partial charge in [-0.1, -0.05) is 42.0 Å². The van der Waals surface area contributed by atoms with Crippen molar-refractivity contribution in [3.63, 3.8) is 0 Å². The van der Waals surface area contributed by atoms with Gasteiger partial charge in [-0.25, -0.2) is 9.37 Å². The third-order valence-corrected chi connectivity index (χ3v) is 3.61. The zero-order valence-corrected chi connectivity index (χ0v) is 13.5. The van der Waals surface area contributed by atoms with Crippen LogP contribution >= 0.6 is 0 Å². The number of aromatic nitrogens is 2. The molecule has 0 spiro atoms. The van der Waals surface area contributed by atoms with Gasteiger partial charge < -0.3 is 10.6 Å². The van der Waals surface area contributed by atoms with Crippen molar-refractivity contribution in [1.82, 2.24) is 9.97 Å². The third-order valence-electron chi connectivity index (χ3n) is 3.61. The van der Waals surface area contributed by atoms with E-state index in [-0.39, 0.29) is 5.82 Å². The Kier molecular flexibility index (Phi) is 5.01. The topological polar surface area (TPSA) is 49.8 Å². The van der Waals surface area contributed by atoms with Crippen molar-refractivity contribution in [3.05, 3.63) is 83.3 Å². The van der Waals surface area contributed by atoms with E-state index < -0.39 is 0 Å². The van der Waals surface area contributed by atoms with Crippen molar-refractivity contribution in [2.45, 2.75) is 20.0 Å². The Morgan fingerprint density at radius 2 is 1.46 bits per heavy atom. The van der Waals surface area contributed by atoms with E-state index in [1.807, 2.05) is 6.07 Å². The Morgan fingerprint density at radius 3 is 2.17 bits per heavy atom. The van der Waals surface area contributed by atoms with E-state index in [0.29, 0.717) is 19.0 Å². The molecule has 4 nitrogen and oxygen atoms in total. The van der Waals surface area contributed by atoms with Crippen LogP contribution in [0.3, 0.4) is 0 Å². The normalized spacial score (nSPS) is 10.4. The second-order valence-electron chi connectivity index (χ2n) is 5.58. The second kappa shape index (κ2) is 7.55. The average molecular weight is 322 g/mol. The number of rotatable bonds is 6. The largest absolute Gasteiger partial charge is 0.366 e. The third kappa shape index (κ3) is 4.52. The molecule has 24 heavy (non-hydrogen) atoms. The highest BCUT2D eigenvalue weighted by atomic mass is 19.1. The predicted octanol–water partition coefficient (Wildman–Crippen LogP) is 4.15. The van der Waals surface area contributed by atoms with Gasteiger partial charge in [0.15, 0.2) is 0 Å². The van der Waals surface area contributed by atoms with Crippen LogP contribution in [0.15, 0.2) is 60.8 Å². The Bertz CT molecular complexity index is 720. The van der Waals surface area contributed by atoms with Crippen LogP contribution in [0.2, 0.25) is 0 Å². The fourth-order valence-electron chi connectivity index (χ4n) is 2.22. The molecule has 0 unspecified atom stereocenters. The van der Waals surface area contributed by atoms with Crippen molar-refractivity contribution < 1.29 is 4.39 Å². The van der Waals surface area contributed by atoms with Crippen LogP contribution in [0.1, 0.15) is 16.7 Å². The number of nitrogens with one attached hydrogen (secondary N) is 2. The van der Waals surface area contributed by atoms with E-state index in [4.69, 9.17) is 0 Å². The fraction of sp³-hybridized carbons (Fsp3) is 0.158. The maximum atomic E-state index is 12.9. The molecule has 2 N–H and O–H groups in total. The van der Waals surface area contributed by atoms with Gasteiger partial charge in [-0.05, 0) is 36.2 Å². The lowest BCUT2D eigenvalue weighted by molar-refractivity contribution is 0.627. The molecule has 122 valence electrons. The van der Waals surface area contributed by atoms with E-state index >= 15 is 0 Å². The summed E-state index contributed by atoms with van der Waals surface area (Å²) in [4.78, 5) is 8.63. The summed E-state index contributed by atoms with van der Waals surface area (Å²) < 4.78 is 12.9. The van der Waals surface area contributed by atoms with Crippen LogP contribution in [0.25, 0.3) is 0 Å². The zero-order valence-electron chi connectivity index (χ0n) is 13.5. The fourth-order valence-corrected chi connectivity index (χ4v) is 2.22. The first-order valence-electron chi connectivity index (χ1n) is 7.80. The van der Waals surface area contributed by atoms with Gasteiger partial charge in [-0.2, -0.15) is 4.98 Å². The van der Waals surface area contributed by atoms with Gasteiger partial charge in [-0.15, -0.1) is 0 Å². The summed E-state index contributed by atoms with van der Waals surface area (Å²) in [6.45, 7) is 3.32. The summed E-state index contributed by atoms with van der Waals surface area (Å²) >= 11 is 0. The van der Waals surface area contributed by atoms with Crippen molar-refractivity contribution in [3.8, 4) is 0 Å². The van der Waals surface area contributed by atoms with Crippen LogP contribution in [0.4, 0.5) is 16.2 Å². The van der Waals surface area contributed by atoms with Crippen LogP contribution in [0, 0.1) is 12.7 Å². The zero-order chi connectivity index (χ0) is 16.8. The minimum Gasteiger partial charge on any atom is -0.366 e. The molecular formula is C19H19FN4. The molecule has 0 atom stereocenters. The summed E-state index contributed by atoms with van der Waals surface area (Å²) in [6, 6.07) is 16.6. The first-order chi connectivity index (χ1) is 11.7. The summed E-state index contributed by atoms with van der Waals surface area (Å²) in [7, 11) is 0. The van der Waals surface area contributed by atoms with Gasteiger partial charge >= 0.3 is 0 Å². The average Bonchev–Trinajstić information content (AvgIpc) is 2.61. The lowest BCUT2D eigenvalue weighted by Gasteiger charge is -2.09. The Labute approximate surface area is 140 Å². The molecule has 0 fully saturated rings. The molecule has 3 aromatic rings. The number of anilines is 2. The molecular weight excluding hydrogens is 303 g/mol. The van der Waals surface area contributed by atoms with E-state index in [2.05, 4.69) is 51.8 Å². The first-order valence-corrected chi connectivity index (χ1v) is 7.80. The van der Waals surface area contributed by atoms with E-state index in [9.17, 15) is 4.39 Å². The molecule has 1 aromatic heterocycles. The van der Waals surface area contributed by atoms with Gasteiger partial charge in [0.1, 0.15) is 11.6 Å². The summed E-state index contributed by atoms with van der Waals surface area (Å²) in [5, 5.41) is 6.43. The molecule has 5 heteroatoms. The summed E-state index contributed by atoms with van der Waals surface area (Å²) in [6.07, 6.45) is 1.71. The van der Waals surface area contributed by atoms with Gasteiger partial charge in [0.25, 0.3) is 0 Å². The second-order valence-corrected chi connectivity index (χ2v) is 5.58. The highest BCUT2D eigenvalue weighted by Gasteiger charge is 2.00. The minimum absolute atomic E-state index is 0.239. The molecule has 0 aliphatic heterocycles. The van der Waals surface area contributed by atoms with Crippen molar-refractivity contribution in [2.24, 2.45) is 0 Å². The maximum Gasteiger partial charge on any atom is 0.224 e. The van der Waals surface area contributed by atoms with Crippen molar-refractivity contribution in [1.29, 1.82) is 0 Å². The van der Waals surface area contributed by atoms with Crippen LogP contribution in [-0.2, 0) is 13.1 Å². The minimum atomic E-state index is -0.239. The van der Waals surface area contributed by atoms with Crippen molar-refractivity contribution >= 4 is 11.8 Å². The van der Waals surface area contributed by atoms with E-state index in [1.54, 1.807) is 18.3 Å². The maximum absolute atomic E-state index is 12.9. The van der Waals surface area contributed by atoms with Crippen LogP contribution < -0.4 is 10.6 Å². The molecule has 0 saturated heterocycles. The van der Waals surface area contributed by atoms with Crippen molar-refractivity contribution in [2.75, 3.05) is 10.6 Å². The highest BCUT2D eigenvalue weighted by Crippen LogP contribution is 2.10. The number of benzene rings is 2. The Hall–Kier alpha value is -2.95. The molecule has 1 heterocycles. The number of hydrogen-bond donors (Lipinski definition) is 2. The van der Waals surface area contributed by atoms with E-state index in [1.165, 1.54) is 23.3 Å². The molecule has 0 saturated carbocycles. The molecule has 0 radical (unpaired) electrons. The number of nitrogens with zero attached hydrogens (tertiary/aromatic N) is 2. The van der Waals surface area contributed by atoms with Crippen LogP contribution in [0.5, 0.6) is 0 Å².